The van der Waals surface area contributed by atoms with Crippen LogP contribution in [0.3, 0.4) is 0 Å². The quantitative estimate of drug-likeness (QED) is 0.842. The number of aryl methyl sites for hydroxylation is 1. The highest BCUT2D eigenvalue weighted by atomic mass is 79.9. The van der Waals surface area contributed by atoms with Crippen LogP contribution >= 0.6 is 27.3 Å². The van der Waals surface area contributed by atoms with E-state index in [4.69, 9.17) is 0 Å². The smallest absolute Gasteiger partial charge is 0.220 e. The van der Waals surface area contributed by atoms with Gasteiger partial charge in [-0.3, -0.25) is 4.79 Å². The lowest BCUT2D eigenvalue weighted by Gasteiger charge is -2.04. The molecule has 2 rings (SSSR count). The Morgan fingerprint density at radius 3 is 2.63 bits per heavy atom. The number of halogens is 1. The number of benzene rings is 1. The summed E-state index contributed by atoms with van der Waals surface area (Å²) >= 11 is 5.07. The van der Waals surface area contributed by atoms with Crippen molar-refractivity contribution in [1.29, 1.82) is 0 Å². The minimum Gasteiger partial charge on any atom is -0.351 e. The Morgan fingerprint density at radius 2 is 1.95 bits per heavy atom. The molecule has 0 saturated heterocycles. The molecular weight excluding hydrogens is 322 g/mol. The molecule has 1 heterocycles. The summed E-state index contributed by atoms with van der Waals surface area (Å²) in [7, 11) is 0. The number of amides is 1. The topological polar surface area (TPSA) is 29.1 Å². The molecule has 1 amide bonds. The van der Waals surface area contributed by atoms with Gasteiger partial charge in [0.25, 0.3) is 0 Å². The number of rotatable bonds is 6. The normalized spacial score (nSPS) is 10.4. The van der Waals surface area contributed by atoms with E-state index in [9.17, 15) is 4.79 Å². The van der Waals surface area contributed by atoms with E-state index in [2.05, 4.69) is 33.4 Å². The average Bonchev–Trinajstić information content (AvgIpc) is 2.83. The van der Waals surface area contributed by atoms with Crippen LogP contribution in [-0.4, -0.2) is 5.91 Å². The first kappa shape index (κ1) is 14.3. The van der Waals surface area contributed by atoms with Gasteiger partial charge in [-0.2, -0.15) is 0 Å². The summed E-state index contributed by atoms with van der Waals surface area (Å²) in [6.45, 7) is 0.625. The van der Waals surface area contributed by atoms with Gasteiger partial charge in [0.15, 0.2) is 0 Å². The highest BCUT2D eigenvalue weighted by molar-refractivity contribution is 9.11. The lowest BCUT2D eigenvalue weighted by Crippen LogP contribution is -2.21. The maximum Gasteiger partial charge on any atom is 0.220 e. The average molecular weight is 338 g/mol. The largest absolute Gasteiger partial charge is 0.351 e. The second kappa shape index (κ2) is 7.46. The molecule has 0 atom stereocenters. The Bertz CT molecular complexity index is 524. The molecule has 4 heteroatoms. The Morgan fingerprint density at radius 1 is 1.16 bits per heavy atom. The molecule has 0 aliphatic heterocycles. The van der Waals surface area contributed by atoms with Crippen LogP contribution in [0, 0.1) is 0 Å². The van der Waals surface area contributed by atoms with Crippen molar-refractivity contribution in [2.75, 3.05) is 0 Å². The molecule has 0 spiro atoms. The van der Waals surface area contributed by atoms with Crippen molar-refractivity contribution < 1.29 is 4.79 Å². The zero-order valence-electron chi connectivity index (χ0n) is 10.6. The van der Waals surface area contributed by atoms with Crippen LogP contribution in [-0.2, 0) is 17.8 Å². The molecule has 0 fully saturated rings. The predicted molar refractivity (Wildman–Crippen MR) is 83.2 cm³/mol. The highest BCUT2D eigenvalue weighted by Gasteiger charge is 2.03. The first-order valence-electron chi connectivity index (χ1n) is 6.29. The molecule has 100 valence electrons. The molecule has 1 aromatic carbocycles. The molecule has 0 saturated carbocycles. The number of hydrogen-bond donors (Lipinski definition) is 1. The van der Waals surface area contributed by atoms with Crippen molar-refractivity contribution in [3.8, 4) is 0 Å². The fourth-order valence-electron chi connectivity index (χ4n) is 1.82. The van der Waals surface area contributed by atoms with E-state index in [1.165, 1.54) is 10.4 Å². The van der Waals surface area contributed by atoms with E-state index in [-0.39, 0.29) is 5.91 Å². The minimum atomic E-state index is 0.125. The van der Waals surface area contributed by atoms with Crippen molar-refractivity contribution >= 4 is 33.2 Å². The molecule has 2 nitrogen and oxygen atoms in total. The monoisotopic (exact) mass is 337 g/mol. The number of carbonyl (C=O) groups is 1. The van der Waals surface area contributed by atoms with Gasteiger partial charge in [-0.1, -0.05) is 30.3 Å². The standard InChI is InChI=1S/C15H16BrNOS/c16-14-10-9-13(19-14)11-17-15(18)8-4-7-12-5-2-1-3-6-12/h1-3,5-6,9-10H,4,7-8,11H2,(H,17,18). The SMILES string of the molecule is O=C(CCCc1ccccc1)NCc1ccc(Br)s1. The van der Waals surface area contributed by atoms with Crippen LogP contribution in [0.2, 0.25) is 0 Å². The van der Waals surface area contributed by atoms with Crippen LogP contribution < -0.4 is 5.32 Å². The van der Waals surface area contributed by atoms with E-state index in [1.54, 1.807) is 11.3 Å². The minimum absolute atomic E-state index is 0.125. The lowest BCUT2D eigenvalue weighted by molar-refractivity contribution is -0.121. The summed E-state index contributed by atoms with van der Waals surface area (Å²) in [4.78, 5) is 12.9. The third-order valence-corrected chi connectivity index (χ3v) is 4.42. The zero-order valence-corrected chi connectivity index (χ0v) is 13.0. The first-order chi connectivity index (χ1) is 9.24. The van der Waals surface area contributed by atoms with Crippen molar-refractivity contribution in [2.24, 2.45) is 0 Å². The summed E-state index contributed by atoms with van der Waals surface area (Å²) in [5.74, 6) is 0.125. The van der Waals surface area contributed by atoms with Crippen LogP contribution in [0.25, 0.3) is 0 Å². The van der Waals surface area contributed by atoms with Gasteiger partial charge in [-0.05, 0) is 46.5 Å². The van der Waals surface area contributed by atoms with Crippen LogP contribution in [0.1, 0.15) is 23.3 Å². The van der Waals surface area contributed by atoms with E-state index in [0.29, 0.717) is 13.0 Å². The Labute approximate surface area is 126 Å². The lowest BCUT2D eigenvalue weighted by atomic mass is 10.1. The second-order valence-electron chi connectivity index (χ2n) is 4.32. The summed E-state index contributed by atoms with van der Waals surface area (Å²) in [5.41, 5.74) is 1.29. The molecule has 1 aromatic heterocycles. The zero-order chi connectivity index (χ0) is 13.5. The number of carbonyl (C=O) groups excluding carboxylic acids is 1. The van der Waals surface area contributed by atoms with Crippen molar-refractivity contribution in [3.05, 3.63) is 56.7 Å². The van der Waals surface area contributed by atoms with Gasteiger partial charge in [-0.25, -0.2) is 0 Å². The fourth-order valence-corrected chi connectivity index (χ4v) is 3.24. The fraction of sp³-hybridized carbons (Fsp3) is 0.267. The molecule has 2 aromatic rings. The van der Waals surface area contributed by atoms with E-state index < -0.39 is 0 Å². The van der Waals surface area contributed by atoms with Gasteiger partial charge in [0.2, 0.25) is 5.91 Å². The summed E-state index contributed by atoms with van der Waals surface area (Å²) in [5, 5.41) is 2.95. The maximum absolute atomic E-state index is 11.7. The van der Waals surface area contributed by atoms with E-state index in [0.717, 1.165) is 16.6 Å². The second-order valence-corrected chi connectivity index (χ2v) is 6.87. The highest BCUT2D eigenvalue weighted by Crippen LogP contribution is 2.21. The molecule has 0 unspecified atom stereocenters. The molecule has 0 aliphatic rings. The number of nitrogens with one attached hydrogen (secondary N) is 1. The molecule has 1 N–H and O–H groups in total. The van der Waals surface area contributed by atoms with Crippen molar-refractivity contribution in [3.63, 3.8) is 0 Å². The first-order valence-corrected chi connectivity index (χ1v) is 7.90. The van der Waals surface area contributed by atoms with Gasteiger partial charge in [-0.15, -0.1) is 11.3 Å². The van der Waals surface area contributed by atoms with Gasteiger partial charge in [0, 0.05) is 11.3 Å². The van der Waals surface area contributed by atoms with Gasteiger partial charge >= 0.3 is 0 Å². The molecular formula is C15H16BrNOS. The van der Waals surface area contributed by atoms with Gasteiger partial charge in [0.05, 0.1) is 10.3 Å². The number of thiophene rings is 1. The van der Waals surface area contributed by atoms with Crippen LogP contribution in [0.5, 0.6) is 0 Å². The molecule has 0 radical (unpaired) electrons. The van der Waals surface area contributed by atoms with Crippen LogP contribution in [0.4, 0.5) is 0 Å². The summed E-state index contributed by atoms with van der Waals surface area (Å²) in [6.07, 6.45) is 2.43. The summed E-state index contributed by atoms with van der Waals surface area (Å²) < 4.78 is 1.10. The molecule has 0 bridgehead atoms. The predicted octanol–water partition coefficient (Wildman–Crippen LogP) is 4.15. The summed E-state index contributed by atoms with van der Waals surface area (Å²) in [6, 6.07) is 14.3. The van der Waals surface area contributed by atoms with E-state index >= 15 is 0 Å². The van der Waals surface area contributed by atoms with Gasteiger partial charge < -0.3 is 5.32 Å². The van der Waals surface area contributed by atoms with E-state index in [1.807, 2.05) is 30.3 Å². The third kappa shape index (κ3) is 5.17. The molecule has 0 aliphatic carbocycles. The Kier molecular flexibility index (Phi) is 5.61. The van der Waals surface area contributed by atoms with Crippen LogP contribution in [0.15, 0.2) is 46.3 Å². The maximum atomic E-state index is 11.7. The van der Waals surface area contributed by atoms with Crippen molar-refractivity contribution in [2.45, 2.75) is 25.8 Å². The van der Waals surface area contributed by atoms with Gasteiger partial charge in [0.1, 0.15) is 0 Å². The Hall–Kier alpha value is -1.13. The molecule has 19 heavy (non-hydrogen) atoms. The number of hydrogen-bond acceptors (Lipinski definition) is 2. The Balaban J connectivity index is 1.65. The third-order valence-electron chi connectivity index (χ3n) is 2.80. The van der Waals surface area contributed by atoms with Crippen molar-refractivity contribution in [1.82, 2.24) is 5.32 Å².